The van der Waals surface area contributed by atoms with E-state index in [0.29, 0.717) is 6.04 Å². The highest BCUT2D eigenvalue weighted by molar-refractivity contribution is 5.06. The average molecular weight is 223 g/mol. The Morgan fingerprint density at radius 3 is 2.81 bits per heavy atom. The number of nitrogens with one attached hydrogen (secondary N) is 1. The third kappa shape index (κ3) is 3.77. The minimum Gasteiger partial charge on any atom is -0.299 e. The first-order chi connectivity index (χ1) is 7.61. The second kappa shape index (κ2) is 6.22. The monoisotopic (exact) mass is 223 g/mol. The highest BCUT2D eigenvalue weighted by atomic mass is 15.2. The van der Waals surface area contributed by atoms with Crippen LogP contribution in [0.25, 0.3) is 0 Å². The summed E-state index contributed by atoms with van der Waals surface area (Å²) >= 11 is 0. The number of hydrogen-bond acceptors (Lipinski definition) is 3. The zero-order valence-electron chi connectivity index (χ0n) is 10.9. The van der Waals surface area contributed by atoms with Gasteiger partial charge < -0.3 is 0 Å². The Morgan fingerprint density at radius 2 is 2.25 bits per heavy atom. The summed E-state index contributed by atoms with van der Waals surface area (Å²) < 4.78 is 0. The predicted molar refractivity (Wildman–Crippen MR) is 67.2 cm³/mol. The van der Waals surface area contributed by atoms with Gasteiger partial charge in [-0.3, -0.25) is 10.2 Å². The molecule has 0 spiro atoms. The largest absolute Gasteiger partial charge is 0.299 e. The molecule has 92 valence electrons. The van der Waals surface area contributed by atoms with E-state index in [0.717, 1.165) is 26.1 Å². The molecule has 2 unspecified atom stereocenters. The molecule has 1 N–H and O–H groups in total. The second-order valence-corrected chi connectivity index (χ2v) is 5.19. The Labute approximate surface area is 99.8 Å². The maximum atomic E-state index is 9.29. The van der Waals surface area contributed by atoms with Crippen molar-refractivity contribution in [3.63, 3.8) is 0 Å². The van der Waals surface area contributed by atoms with Crippen LogP contribution < -0.4 is 5.32 Å². The van der Waals surface area contributed by atoms with Gasteiger partial charge >= 0.3 is 0 Å². The number of hydrogen-bond donors (Lipinski definition) is 1. The molecule has 16 heavy (non-hydrogen) atoms. The molecule has 3 nitrogen and oxygen atoms in total. The van der Waals surface area contributed by atoms with Crippen molar-refractivity contribution < 1.29 is 0 Å². The van der Waals surface area contributed by atoms with E-state index in [-0.39, 0.29) is 5.54 Å². The number of rotatable bonds is 5. The van der Waals surface area contributed by atoms with Crippen LogP contribution in [0.1, 0.15) is 46.5 Å². The normalized spacial score (nSPS) is 26.0. The lowest BCUT2D eigenvalue weighted by Gasteiger charge is -2.38. The van der Waals surface area contributed by atoms with Crippen LogP contribution >= 0.6 is 0 Å². The summed E-state index contributed by atoms with van der Waals surface area (Å²) in [5.74, 6) is 0. The molecule has 1 fully saturated rings. The maximum absolute atomic E-state index is 9.29. The zero-order valence-corrected chi connectivity index (χ0v) is 10.9. The fourth-order valence-electron chi connectivity index (χ4n) is 2.33. The first-order valence-electron chi connectivity index (χ1n) is 6.51. The Bertz CT molecular complexity index is 246. The van der Waals surface area contributed by atoms with Gasteiger partial charge in [0.1, 0.15) is 5.54 Å². The van der Waals surface area contributed by atoms with Crippen molar-refractivity contribution in [1.82, 2.24) is 10.2 Å². The van der Waals surface area contributed by atoms with Crippen LogP contribution in [0, 0.1) is 11.3 Å². The van der Waals surface area contributed by atoms with E-state index in [1.807, 2.05) is 6.92 Å². The predicted octanol–water partition coefficient (Wildman–Crippen LogP) is 2.14. The van der Waals surface area contributed by atoms with E-state index in [1.165, 1.54) is 19.3 Å². The second-order valence-electron chi connectivity index (χ2n) is 5.19. The Kier molecular flexibility index (Phi) is 5.24. The van der Waals surface area contributed by atoms with Crippen molar-refractivity contribution in [2.45, 2.75) is 58.0 Å². The minimum absolute atomic E-state index is 0.387. The van der Waals surface area contributed by atoms with Crippen molar-refractivity contribution in [3.8, 4) is 6.07 Å². The van der Waals surface area contributed by atoms with Crippen LogP contribution in [-0.4, -0.2) is 36.1 Å². The molecule has 2 atom stereocenters. The third-order valence-corrected chi connectivity index (χ3v) is 3.47. The number of piperidine rings is 1. The smallest absolute Gasteiger partial charge is 0.116 e. The van der Waals surface area contributed by atoms with Crippen LogP contribution in [-0.2, 0) is 0 Å². The third-order valence-electron chi connectivity index (χ3n) is 3.47. The van der Waals surface area contributed by atoms with Gasteiger partial charge in [0.2, 0.25) is 0 Å². The highest BCUT2D eigenvalue weighted by Crippen LogP contribution is 2.19. The Morgan fingerprint density at radius 1 is 1.50 bits per heavy atom. The van der Waals surface area contributed by atoms with E-state index >= 15 is 0 Å². The lowest BCUT2D eigenvalue weighted by molar-refractivity contribution is 0.132. The fourth-order valence-corrected chi connectivity index (χ4v) is 2.33. The summed E-state index contributed by atoms with van der Waals surface area (Å²) in [5.41, 5.74) is -0.387. The van der Waals surface area contributed by atoms with Crippen molar-refractivity contribution in [1.29, 1.82) is 5.26 Å². The topological polar surface area (TPSA) is 39.1 Å². The van der Waals surface area contributed by atoms with Gasteiger partial charge in [-0.15, -0.1) is 0 Å². The molecule has 1 aliphatic heterocycles. The standard InChI is InChI=1S/C13H25N3/c1-4-8-15-13(3,10-14)11-16-9-6-5-7-12(16)2/h12,15H,4-9,11H2,1-3H3. The number of nitrogens with zero attached hydrogens (tertiary/aromatic N) is 2. The molecule has 1 rings (SSSR count). The van der Waals surface area contributed by atoms with Crippen molar-refractivity contribution in [2.24, 2.45) is 0 Å². The molecule has 0 aromatic carbocycles. The van der Waals surface area contributed by atoms with Gasteiger partial charge in [0, 0.05) is 12.6 Å². The molecule has 0 aromatic rings. The quantitative estimate of drug-likeness (QED) is 0.776. The Balaban J connectivity index is 2.51. The molecule has 1 aliphatic rings. The molecular weight excluding hydrogens is 198 g/mol. The molecule has 0 aromatic heterocycles. The van der Waals surface area contributed by atoms with Crippen molar-refractivity contribution in [2.75, 3.05) is 19.6 Å². The maximum Gasteiger partial charge on any atom is 0.116 e. The first-order valence-corrected chi connectivity index (χ1v) is 6.51. The summed E-state index contributed by atoms with van der Waals surface area (Å²) in [7, 11) is 0. The zero-order chi connectivity index (χ0) is 12.0. The molecule has 0 amide bonds. The molecular formula is C13H25N3. The van der Waals surface area contributed by atoms with E-state index in [9.17, 15) is 5.26 Å². The van der Waals surface area contributed by atoms with E-state index in [2.05, 4.69) is 30.1 Å². The summed E-state index contributed by atoms with van der Waals surface area (Å²) in [5, 5.41) is 12.7. The summed E-state index contributed by atoms with van der Waals surface area (Å²) in [4.78, 5) is 2.45. The molecule has 0 aliphatic carbocycles. The van der Waals surface area contributed by atoms with Gasteiger partial charge in [-0.1, -0.05) is 13.3 Å². The molecule has 0 bridgehead atoms. The van der Waals surface area contributed by atoms with Crippen LogP contribution in [0.15, 0.2) is 0 Å². The van der Waals surface area contributed by atoms with Gasteiger partial charge in [0.05, 0.1) is 6.07 Å². The van der Waals surface area contributed by atoms with Gasteiger partial charge in [0.15, 0.2) is 0 Å². The van der Waals surface area contributed by atoms with Gasteiger partial charge in [0.25, 0.3) is 0 Å². The highest BCUT2D eigenvalue weighted by Gasteiger charge is 2.29. The summed E-state index contributed by atoms with van der Waals surface area (Å²) in [6, 6.07) is 3.06. The van der Waals surface area contributed by atoms with Crippen molar-refractivity contribution in [3.05, 3.63) is 0 Å². The SMILES string of the molecule is CCCNC(C)(C#N)CN1CCCCC1C. The summed E-state index contributed by atoms with van der Waals surface area (Å²) in [6.45, 7) is 9.35. The number of nitriles is 1. The lowest BCUT2D eigenvalue weighted by Crippen LogP contribution is -2.53. The molecule has 3 heteroatoms. The summed E-state index contributed by atoms with van der Waals surface area (Å²) in [6.07, 6.45) is 4.96. The first kappa shape index (κ1) is 13.5. The van der Waals surface area contributed by atoms with Gasteiger partial charge in [-0.25, -0.2) is 0 Å². The molecule has 1 saturated heterocycles. The molecule has 0 radical (unpaired) electrons. The van der Waals surface area contributed by atoms with Crippen LogP contribution in [0.4, 0.5) is 0 Å². The van der Waals surface area contributed by atoms with Crippen LogP contribution in [0.5, 0.6) is 0 Å². The van der Waals surface area contributed by atoms with E-state index in [4.69, 9.17) is 0 Å². The van der Waals surface area contributed by atoms with Gasteiger partial charge in [-0.2, -0.15) is 5.26 Å². The fraction of sp³-hybridized carbons (Fsp3) is 0.923. The van der Waals surface area contributed by atoms with Crippen LogP contribution in [0.3, 0.4) is 0 Å². The van der Waals surface area contributed by atoms with E-state index < -0.39 is 0 Å². The lowest BCUT2D eigenvalue weighted by atomic mass is 9.98. The average Bonchev–Trinajstić information content (AvgIpc) is 2.30. The van der Waals surface area contributed by atoms with E-state index in [1.54, 1.807) is 0 Å². The minimum atomic E-state index is -0.387. The molecule has 1 heterocycles. The number of likely N-dealkylation sites (tertiary alicyclic amines) is 1. The van der Waals surface area contributed by atoms with Gasteiger partial charge in [-0.05, 0) is 46.2 Å². The van der Waals surface area contributed by atoms with Crippen LogP contribution in [0.2, 0.25) is 0 Å². The molecule has 0 saturated carbocycles. The Hall–Kier alpha value is -0.590. The van der Waals surface area contributed by atoms with Crippen molar-refractivity contribution >= 4 is 0 Å².